The number of benzene rings is 2. The normalized spacial score (nSPS) is 21.4. The topological polar surface area (TPSA) is 134 Å². The van der Waals surface area contributed by atoms with E-state index in [1.165, 1.54) is 6.07 Å². The second-order valence-electron chi connectivity index (χ2n) is 10.6. The quantitative estimate of drug-likeness (QED) is 0.240. The van der Waals surface area contributed by atoms with Crippen LogP contribution >= 0.6 is 11.6 Å². The summed E-state index contributed by atoms with van der Waals surface area (Å²) in [5.74, 6) is -3.54. The van der Waals surface area contributed by atoms with E-state index >= 15 is 0 Å². The number of halogens is 1. The lowest BCUT2D eigenvalue weighted by Gasteiger charge is -2.36. The number of allylic oxidation sites excluding steroid dienone is 1. The van der Waals surface area contributed by atoms with Gasteiger partial charge < -0.3 is 24.8 Å². The molecule has 3 amide bonds. The van der Waals surface area contributed by atoms with Crippen molar-refractivity contribution in [1.29, 1.82) is 0 Å². The number of methoxy groups -OCH3 is 1. The molecule has 4 atom stereocenters. The first-order chi connectivity index (χ1) is 20.2. The van der Waals surface area contributed by atoms with Crippen LogP contribution in [0, 0.1) is 17.8 Å². The molecule has 1 aliphatic heterocycles. The summed E-state index contributed by atoms with van der Waals surface area (Å²) in [5, 5.41) is 32.2. The molecule has 42 heavy (non-hydrogen) atoms. The first kappa shape index (κ1) is 31.3. The fraction of sp³-hybridized carbons (Fsp3) is 0.406. The van der Waals surface area contributed by atoms with E-state index in [-0.39, 0.29) is 25.2 Å². The van der Waals surface area contributed by atoms with E-state index in [2.05, 4.69) is 4.74 Å². The zero-order chi connectivity index (χ0) is 30.4. The average Bonchev–Trinajstić information content (AvgIpc) is 3.24. The molecule has 1 fully saturated rings. The number of imide groups is 3. The van der Waals surface area contributed by atoms with Crippen LogP contribution in [0.4, 0.5) is 4.79 Å². The number of aliphatic hydroxyl groups excluding tert-OH is 2. The number of likely N-dealkylation sites (tertiary alicyclic amines) is 1. The number of carbonyl (C=O) groups excluding carboxylic acids is 3. The molecule has 1 aliphatic carbocycles. The van der Waals surface area contributed by atoms with Crippen LogP contribution in [-0.4, -0.2) is 64.6 Å². The van der Waals surface area contributed by atoms with Crippen LogP contribution in [0.15, 0.2) is 65.3 Å². The number of hydrogen-bond acceptors (Lipinski definition) is 8. The van der Waals surface area contributed by atoms with Crippen LogP contribution in [-0.2, 0) is 14.3 Å². The average molecular weight is 598 g/mol. The SMILES string of the molecule is CCC/C(=C\c1ccc(O)cc1Cl)CC[C@@H](O)C1=C(COc2ccccc2)C[C@H]2C(=O)N(C(=O)OC)C(=O)[C@H]2[C@H]1CO. The second kappa shape index (κ2) is 14.0. The number of rotatable bonds is 11. The van der Waals surface area contributed by atoms with Gasteiger partial charge in [-0.2, -0.15) is 4.90 Å². The number of amides is 3. The summed E-state index contributed by atoms with van der Waals surface area (Å²) in [6.07, 6.45) is 2.31. The van der Waals surface area contributed by atoms with Crippen LogP contribution in [0.25, 0.3) is 6.08 Å². The smallest absolute Gasteiger partial charge is 0.423 e. The molecule has 0 radical (unpaired) electrons. The van der Waals surface area contributed by atoms with Crippen molar-refractivity contribution in [2.75, 3.05) is 20.3 Å². The highest BCUT2D eigenvalue weighted by molar-refractivity contribution is 6.32. The molecule has 224 valence electrons. The third-order valence-electron chi connectivity index (χ3n) is 7.91. The number of nitrogens with zero attached hydrogens (tertiary/aromatic N) is 1. The van der Waals surface area contributed by atoms with Crippen LogP contribution in [0.1, 0.15) is 44.6 Å². The van der Waals surface area contributed by atoms with Crippen molar-refractivity contribution in [3.8, 4) is 11.5 Å². The van der Waals surface area contributed by atoms with Gasteiger partial charge >= 0.3 is 6.09 Å². The van der Waals surface area contributed by atoms with E-state index in [1.54, 1.807) is 24.3 Å². The predicted molar refractivity (Wildman–Crippen MR) is 157 cm³/mol. The fourth-order valence-electron chi connectivity index (χ4n) is 5.97. The van der Waals surface area contributed by atoms with Gasteiger partial charge in [0.1, 0.15) is 18.1 Å². The molecule has 2 aliphatic rings. The molecule has 2 aromatic carbocycles. The molecular weight excluding hydrogens is 562 g/mol. The van der Waals surface area contributed by atoms with E-state index in [9.17, 15) is 29.7 Å². The van der Waals surface area contributed by atoms with Crippen molar-refractivity contribution in [3.63, 3.8) is 0 Å². The van der Waals surface area contributed by atoms with Gasteiger partial charge in [-0.05, 0) is 72.7 Å². The summed E-state index contributed by atoms with van der Waals surface area (Å²) in [4.78, 5) is 39.3. The zero-order valence-electron chi connectivity index (χ0n) is 23.7. The van der Waals surface area contributed by atoms with Gasteiger partial charge in [0.2, 0.25) is 11.8 Å². The molecule has 0 spiro atoms. The first-order valence-corrected chi connectivity index (χ1v) is 14.4. The second-order valence-corrected chi connectivity index (χ2v) is 11.0. The van der Waals surface area contributed by atoms with Gasteiger partial charge in [0.15, 0.2) is 0 Å². The Morgan fingerprint density at radius 2 is 1.88 bits per heavy atom. The summed E-state index contributed by atoms with van der Waals surface area (Å²) in [6.45, 7) is 1.58. The number of aromatic hydroxyl groups is 1. The summed E-state index contributed by atoms with van der Waals surface area (Å²) < 4.78 is 10.7. The number of phenols is 1. The van der Waals surface area contributed by atoms with Gasteiger partial charge in [-0.3, -0.25) is 9.59 Å². The summed E-state index contributed by atoms with van der Waals surface area (Å²) >= 11 is 6.32. The number of carbonyl (C=O) groups is 3. The van der Waals surface area contributed by atoms with Crippen LogP contribution in [0.3, 0.4) is 0 Å². The van der Waals surface area contributed by atoms with Crippen LogP contribution in [0.2, 0.25) is 5.02 Å². The molecule has 1 saturated heterocycles. The number of aliphatic hydroxyl groups is 2. The van der Waals surface area contributed by atoms with Crippen molar-refractivity contribution < 1.29 is 39.2 Å². The van der Waals surface area contributed by atoms with Crippen molar-refractivity contribution in [2.45, 2.75) is 45.1 Å². The van der Waals surface area contributed by atoms with Gasteiger partial charge in [-0.25, -0.2) is 4.79 Å². The Balaban J connectivity index is 1.65. The molecular formula is C32H36ClNO8. The predicted octanol–water partition coefficient (Wildman–Crippen LogP) is 5.13. The molecule has 0 aromatic heterocycles. The minimum atomic E-state index is -1.07. The Hall–Kier alpha value is -3.66. The minimum absolute atomic E-state index is 0.0383. The fourth-order valence-corrected chi connectivity index (χ4v) is 6.20. The molecule has 0 bridgehead atoms. The maximum absolute atomic E-state index is 13.3. The number of para-hydroxylation sites is 1. The number of phenolic OH excluding ortho intramolecular Hbond substituents is 1. The molecule has 4 rings (SSSR count). The Bertz CT molecular complexity index is 1370. The van der Waals surface area contributed by atoms with E-state index < -0.39 is 48.4 Å². The highest BCUT2D eigenvalue weighted by Crippen LogP contribution is 2.46. The van der Waals surface area contributed by atoms with E-state index in [0.29, 0.717) is 33.2 Å². The lowest BCUT2D eigenvalue weighted by Crippen LogP contribution is -2.40. The van der Waals surface area contributed by atoms with Gasteiger partial charge in [0.05, 0.1) is 36.7 Å². The molecule has 9 nitrogen and oxygen atoms in total. The minimum Gasteiger partial charge on any atom is -0.508 e. The van der Waals surface area contributed by atoms with Crippen molar-refractivity contribution in [3.05, 3.63) is 75.8 Å². The third kappa shape index (κ3) is 6.69. The Morgan fingerprint density at radius 1 is 1.14 bits per heavy atom. The van der Waals surface area contributed by atoms with Crippen molar-refractivity contribution in [2.24, 2.45) is 17.8 Å². The van der Waals surface area contributed by atoms with E-state index in [1.807, 2.05) is 31.2 Å². The summed E-state index contributed by atoms with van der Waals surface area (Å²) in [5.41, 5.74) is 2.85. The largest absolute Gasteiger partial charge is 0.508 e. The number of fused-ring (bicyclic) bond motifs is 1. The molecule has 10 heteroatoms. The Morgan fingerprint density at radius 3 is 2.52 bits per heavy atom. The molecule has 0 saturated carbocycles. The third-order valence-corrected chi connectivity index (χ3v) is 8.23. The van der Waals surface area contributed by atoms with E-state index in [0.717, 1.165) is 31.1 Å². The maximum atomic E-state index is 13.3. The Labute approximate surface area is 250 Å². The summed E-state index contributed by atoms with van der Waals surface area (Å²) in [6, 6.07) is 13.8. The van der Waals surface area contributed by atoms with Gasteiger partial charge in [-0.15, -0.1) is 0 Å². The Kier molecular flexibility index (Phi) is 10.4. The molecule has 0 unspecified atom stereocenters. The van der Waals surface area contributed by atoms with Gasteiger partial charge in [0, 0.05) is 5.92 Å². The highest BCUT2D eigenvalue weighted by atomic mass is 35.5. The lowest BCUT2D eigenvalue weighted by molar-refractivity contribution is -0.137. The maximum Gasteiger partial charge on any atom is 0.423 e. The van der Waals surface area contributed by atoms with Crippen molar-refractivity contribution in [1.82, 2.24) is 4.90 Å². The summed E-state index contributed by atoms with van der Waals surface area (Å²) in [7, 11) is 1.09. The van der Waals surface area contributed by atoms with E-state index in [4.69, 9.17) is 16.3 Å². The standard InChI is InChI=1S/C32H36ClNO8/c1-3-7-19(14-20-11-12-22(36)16-26(20)33)10-13-27(37)28-21(18-42-23-8-5-4-6-9-23)15-24-29(25(28)17-35)31(39)34(30(24)38)32(40)41-2/h4-6,8-9,11-12,14,16,24-25,27,29,35-37H,3,7,10,13,15,17-18H2,1-2H3/b19-14+/t24-,25+,27-,29-/m1/s1. The highest BCUT2D eigenvalue weighted by Gasteiger charge is 2.57. The van der Waals surface area contributed by atoms with Crippen LogP contribution in [0.5, 0.6) is 11.5 Å². The zero-order valence-corrected chi connectivity index (χ0v) is 24.4. The first-order valence-electron chi connectivity index (χ1n) is 14.0. The number of hydrogen-bond donors (Lipinski definition) is 3. The number of ether oxygens (including phenoxy) is 2. The molecule has 2 aromatic rings. The lowest BCUT2D eigenvalue weighted by atomic mass is 9.68. The molecule has 1 heterocycles. The van der Waals surface area contributed by atoms with Gasteiger partial charge in [-0.1, -0.05) is 54.8 Å². The molecule has 3 N–H and O–H groups in total. The van der Waals surface area contributed by atoms with Crippen LogP contribution < -0.4 is 4.74 Å². The monoisotopic (exact) mass is 597 g/mol. The van der Waals surface area contributed by atoms with Crippen molar-refractivity contribution >= 4 is 35.6 Å². The van der Waals surface area contributed by atoms with Gasteiger partial charge in [0.25, 0.3) is 0 Å².